The summed E-state index contributed by atoms with van der Waals surface area (Å²) in [5.74, 6) is -1.42. The van der Waals surface area contributed by atoms with Crippen molar-refractivity contribution in [2.75, 3.05) is 0 Å². The van der Waals surface area contributed by atoms with E-state index in [4.69, 9.17) is 5.53 Å². The van der Waals surface area contributed by atoms with Crippen LogP contribution < -0.4 is 0 Å². The summed E-state index contributed by atoms with van der Waals surface area (Å²) in [4.78, 5) is 2.32. The van der Waals surface area contributed by atoms with Crippen LogP contribution in [0.5, 0.6) is 0 Å². The molecule has 0 fully saturated rings. The van der Waals surface area contributed by atoms with E-state index < -0.39 is 22.0 Å². The molecule has 0 spiro atoms. The third-order valence-corrected chi connectivity index (χ3v) is 2.31. The first-order chi connectivity index (χ1) is 6.88. The predicted octanol–water partition coefficient (Wildman–Crippen LogP) is 4.55. The van der Waals surface area contributed by atoms with E-state index in [0.717, 1.165) is 6.07 Å². The Kier molecular flexibility index (Phi) is 3.21. The van der Waals surface area contributed by atoms with Gasteiger partial charge in [0.2, 0.25) is 0 Å². The minimum atomic E-state index is -4.84. The van der Waals surface area contributed by atoms with Crippen LogP contribution in [0.25, 0.3) is 10.4 Å². The topological polar surface area (TPSA) is 48.8 Å². The summed E-state index contributed by atoms with van der Waals surface area (Å²) < 4.78 is 49.3. The van der Waals surface area contributed by atoms with Gasteiger partial charge in [0.15, 0.2) is 0 Å². The second-order valence-corrected chi connectivity index (χ2v) is 3.24. The Morgan fingerprint density at radius 3 is 2.40 bits per heavy atom. The van der Waals surface area contributed by atoms with Gasteiger partial charge in [0.05, 0.1) is 5.69 Å². The second-order valence-electron chi connectivity index (χ2n) is 2.44. The third kappa shape index (κ3) is 2.40. The minimum absolute atomic E-state index is 0.314. The molecule has 1 aromatic rings. The van der Waals surface area contributed by atoms with Crippen LogP contribution in [-0.4, -0.2) is 0 Å². The van der Waals surface area contributed by atoms with Gasteiger partial charge in [-0.2, -0.15) is 13.2 Å². The third-order valence-electron chi connectivity index (χ3n) is 1.51. The molecule has 0 atom stereocenters. The average molecular weight is 284 g/mol. The molecule has 0 amide bonds. The number of rotatable bonds is 1. The normalized spacial score (nSPS) is 11.0. The number of hydrogen-bond donors (Lipinski definition) is 0. The van der Waals surface area contributed by atoms with Crippen molar-refractivity contribution in [2.45, 2.75) is 6.18 Å². The smallest absolute Gasteiger partial charge is 0.206 e. The Morgan fingerprint density at radius 2 is 1.93 bits per heavy atom. The highest BCUT2D eigenvalue weighted by molar-refractivity contribution is 9.10. The number of nitrogens with zero attached hydrogens (tertiary/aromatic N) is 3. The van der Waals surface area contributed by atoms with Gasteiger partial charge in [-0.1, -0.05) is 5.11 Å². The Labute approximate surface area is 89.5 Å². The van der Waals surface area contributed by atoms with Crippen molar-refractivity contribution in [1.82, 2.24) is 0 Å². The van der Waals surface area contributed by atoms with E-state index in [0.29, 0.717) is 6.07 Å². The lowest BCUT2D eigenvalue weighted by Gasteiger charge is -2.11. The molecule has 15 heavy (non-hydrogen) atoms. The van der Waals surface area contributed by atoms with E-state index in [2.05, 4.69) is 26.0 Å². The molecule has 0 aliphatic carbocycles. The lowest BCUT2D eigenvalue weighted by molar-refractivity contribution is -0.140. The van der Waals surface area contributed by atoms with E-state index in [1.165, 1.54) is 0 Å². The molecule has 0 saturated carbocycles. The zero-order valence-corrected chi connectivity index (χ0v) is 8.47. The Bertz CT molecular complexity index is 437. The SMILES string of the molecule is [N-]=[N+]=Nc1ccc(F)c(C(F)(F)F)c1Br. The van der Waals surface area contributed by atoms with Crippen LogP contribution in [0.2, 0.25) is 0 Å². The molecule has 0 heterocycles. The zero-order chi connectivity index (χ0) is 11.6. The van der Waals surface area contributed by atoms with Gasteiger partial charge in [-0.15, -0.1) is 0 Å². The van der Waals surface area contributed by atoms with Crippen molar-refractivity contribution >= 4 is 21.6 Å². The van der Waals surface area contributed by atoms with E-state index in [-0.39, 0.29) is 5.69 Å². The maximum absolute atomic E-state index is 12.9. The predicted molar refractivity (Wildman–Crippen MR) is 47.9 cm³/mol. The Morgan fingerprint density at radius 1 is 1.33 bits per heavy atom. The largest absolute Gasteiger partial charge is 0.420 e. The van der Waals surface area contributed by atoms with Gasteiger partial charge in [-0.3, -0.25) is 0 Å². The van der Waals surface area contributed by atoms with E-state index in [9.17, 15) is 17.6 Å². The summed E-state index contributed by atoms with van der Waals surface area (Å²) in [6.45, 7) is 0. The molecule has 80 valence electrons. The molecular formula is C7H2BrF4N3. The van der Waals surface area contributed by atoms with E-state index in [1.807, 2.05) is 0 Å². The molecular weight excluding hydrogens is 282 g/mol. The van der Waals surface area contributed by atoms with Crippen molar-refractivity contribution < 1.29 is 17.6 Å². The van der Waals surface area contributed by atoms with Crippen LogP contribution in [0.4, 0.5) is 23.2 Å². The van der Waals surface area contributed by atoms with Gasteiger partial charge in [-0.05, 0) is 33.6 Å². The Hall–Kier alpha value is -1.27. The van der Waals surface area contributed by atoms with Crippen LogP contribution in [0.15, 0.2) is 21.7 Å². The summed E-state index contributed by atoms with van der Waals surface area (Å²) in [5.41, 5.74) is 6.28. The molecule has 0 N–H and O–H groups in total. The Balaban J connectivity index is 3.50. The highest BCUT2D eigenvalue weighted by Crippen LogP contribution is 2.41. The van der Waals surface area contributed by atoms with Gasteiger partial charge in [0.1, 0.15) is 11.4 Å². The first kappa shape index (κ1) is 11.8. The number of hydrogen-bond acceptors (Lipinski definition) is 1. The number of alkyl halides is 3. The number of azide groups is 1. The molecule has 0 unspecified atom stereocenters. The highest BCUT2D eigenvalue weighted by atomic mass is 79.9. The second kappa shape index (κ2) is 4.08. The van der Waals surface area contributed by atoms with Gasteiger partial charge >= 0.3 is 6.18 Å². The van der Waals surface area contributed by atoms with Gasteiger partial charge in [-0.25, -0.2) is 4.39 Å². The van der Waals surface area contributed by atoms with Crippen molar-refractivity contribution in [1.29, 1.82) is 0 Å². The highest BCUT2D eigenvalue weighted by Gasteiger charge is 2.37. The maximum atomic E-state index is 12.9. The van der Waals surface area contributed by atoms with Gasteiger partial charge < -0.3 is 0 Å². The molecule has 0 aliphatic rings. The maximum Gasteiger partial charge on any atom is 0.420 e. The molecule has 1 aromatic carbocycles. The molecule has 0 aromatic heterocycles. The monoisotopic (exact) mass is 283 g/mol. The summed E-state index contributed by atoms with van der Waals surface area (Å²) in [6, 6.07) is 1.55. The molecule has 0 radical (unpaired) electrons. The fourth-order valence-electron chi connectivity index (χ4n) is 0.927. The molecule has 0 aliphatic heterocycles. The number of benzene rings is 1. The number of halogens is 5. The molecule has 1 rings (SSSR count). The lowest BCUT2D eigenvalue weighted by atomic mass is 10.2. The van der Waals surface area contributed by atoms with Crippen LogP contribution >= 0.6 is 15.9 Å². The quantitative estimate of drug-likeness (QED) is 0.314. The van der Waals surface area contributed by atoms with Crippen molar-refractivity contribution in [3.05, 3.63) is 38.4 Å². The fourth-order valence-corrected chi connectivity index (χ4v) is 1.55. The molecule has 8 heteroatoms. The van der Waals surface area contributed by atoms with Crippen LogP contribution in [0, 0.1) is 5.82 Å². The van der Waals surface area contributed by atoms with E-state index >= 15 is 0 Å². The molecule has 0 saturated heterocycles. The van der Waals surface area contributed by atoms with Gasteiger partial charge in [0, 0.05) is 9.38 Å². The molecule has 3 nitrogen and oxygen atoms in total. The molecule has 0 bridgehead atoms. The first-order valence-electron chi connectivity index (χ1n) is 3.48. The summed E-state index contributed by atoms with van der Waals surface area (Å²) in [5, 5.41) is 2.99. The fraction of sp³-hybridized carbons (Fsp3) is 0.143. The van der Waals surface area contributed by atoms with Crippen LogP contribution in [0.3, 0.4) is 0 Å². The summed E-state index contributed by atoms with van der Waals surface area (Å²) in [7, 11) is 0. The van der Waals surface area contributed by atoms with Crippen molar-refractivity contribution in [3.8, 4) is 0 Å². The summed E-state index contributed by atoms with van der Waals surface area (Å²) >= 11 is 2.54. The summed E-state index contributed by atoms with van der Waals surface area (Å²) in [6.07, 6.45) is -4.84. The lowest BCUT2D eigenvalue weighted by Crippen LogP contribution is -2.09. The first-order valence-corrected chi connectivity index (χ1v) is 4.27. The van der Waals surface area contributed by atoms with Crippen LogP contribution in [-0.2, 0) is 6.18 Å². The average Bonchev–Trinajstić information content (AvgIpc) is 2.08. The van der Waals surface area contributed by atoms with Crippen molar-refractivity contribution in [2.24, 2.45) is 5.11 Å². The minimum Gasteiger partial charge on any atom is -0.206 e. The van der Waals surface area contributed by atoms with Crippen molar-refractivity contribution in [3.63, 3.8) is 0 Å². The zero-order valence-electron chi connectivity index (χ0n) is 6.89. The van der Waals surface area contributed by atoms with Crippen LogP contribution in [0.1, 0.15) is 5.56 Å². The van der Waals surface area contributed by atoms with Gasteiger partial charge in [0.25, 0.3) is 0 Å². The van der Waals surface area contributed by atoms with E-state index in [1.54, 1.807) is 0 Å². The standard InChI is InChI=1S/C7H2BrF4N3/c8-6-4(14-15-13)2-1-3(9)5(6)7(10,11)12/h1-2H.